The van der Waals surface area contributed by atoms with Gasteiger partial charge in [-0.25, -0.2) is 0 Å². The van der Waals surface area contributed by atoms with Crippen LogP contribution in [0.4, 0.5) is 0 Å². The zero-order valence-corrected chi connectivity index (χ0v) is 47.7. The maximum Gasteiger partial charge on any atom is 0.306 e. The first-order chi connectivity index (χ1) is 35.5. The van der Waals surface area contributed by atoms with Gasteiger partial charge in [0.2, 0.25) is 0 Å². The van der Waals surface area contributed by atoms with E-state index in [-0.39, 0.29) is 31.1 Å². The van der Waals surface area contributed by atoms with E-state index in [2.05, 4.69) is 93.7 Å². The molecule has 0 saturated heterocycles. The molecule has 0 fully saturated rings. The van der Waals surface area contributed by atoms with Crippen LogP contribution in [0, 0.1) is 0 Å². The lowest BCUT2D eigenvalue weighted by Crippen LogP contribution is -2.30. The van der Waals surface area contributed by atoms with E-state index >= 15 is 0 Å². The Balaban J connectivity index is 4.06. The predicted octanol–water partition coefficient (Wildman–Crippen LogP) is 20.9. The number of allylic oxidation sites excluding steroid dienone is 12. The number of rotatable bonds is 56. The van der Waals surface area contributed by atoms with Crippen LogP contribution in [-0.4, -0.2) is 37.2 Å². The quantitative estimate of drug-likeness (QED) is 0.0261. The van der Waals surface area contributed by atoms with Crippen molar-refractivity contribution in [3.05, 3.63) is 72.9 Å². The summed E-state index contributed by atoms with van der Waals surface area (Å²) < 4.78 is 16.8. The maximum atomic E-state index is 12.8. The molecule has 0 N–H and O–H groups in total. The molecular weight excluding hydrogens is 889 g/mol. The molecule has 0 aliphatic rings. The lowest BCUT2D eigenvalue weighted by Gasteiger charge is -2.18. The second kappa shape index (κ2) is 60.4. The summed E-state index contributed by atoms with van der Waals surface area (Å²) in [6.45, 7) is 6.48. The van der Waals surface area contributed by atoms with Crippen LogP contribution in [0.1, 0.15) is 310 Å². The maximum absolute atomic E-state index is 12.8. The van der Waals surface area contributed by atoms with Crippen LogP contribution >= 0.6 is 0 Å². The average molecular weight is 1010 g/mol. The highest BCUT2D eigenvalue weighted by atomic mass is 16.6. The van der Waals surface area contributed by atoms with Crippen LogP contribution in [-0.2, 0) is 28.6 Å². The van der Waals surface area contributed by atoms with Crippen LogP contribution in [0.2, 0.25) is 0 Å². The van der Waals surface area contributed by atoms with E-state index in [0.717, 1.165) is 109 Å². The van der Waals surface area contributed by atoms with Gasteiger partial charge in [-0.3, -0.25) is 14.4 Å². The topological polar surface area (TPSA) is 78.9 Å². The van der Waals surface area contributed by atoms with Gasteiger partial charge in [-0.2, -0.15) is 0 Å². The van der Waals surface area contributed by atoms with Crippen molar-refractivity contribution < 1.29 is 28.6 Å². The Morgan fingerprint density at radius 1 is 0.292 bits per heavy atom. The number of carbonyl (C=O) groups excluding carboxylic acids is 3. The summed E-state index contributed by atoms with van der Waals surface area (Å²) in [6, 6.07) is 0. The van der Waals surface area contributed by atoms with Gasteiger partial charge in [0.05, 0.1) is 0 Å². The minimum Gasteiger partial charge on any atom is -0.462 e. The van der Waals surface area contributed by atoms with Crippen LogP contribution in [0.3, 0.4) is 0 Å². The highest BCUT2D eigenvalue weighted by Crippen LogP contribution is 2.17. The smallest absolute Gasteiger partial charge is 0.306 e. The van der Waals surface area contributed by atoms with Gasteiger partial charge in [-0.1, -0.05) is 273 Å². The zero-order valence-electron chi connectivity index (χ0n) is 47.7. The van der Waals surface area contributed by atoms with Gasteiger partial charge in [-0.05, 0) is 89.9 Å². The molecule has 6 heteroatoms. The molecule has 0 aromatic rings. The second-order valence-electron chi connectivity index (χ2n) is 20.6. The molecule has 0 saturated carbocycles. The monoisotopic (exact) mass is 1000 g/mol. The first kappa shape index (κ1) is 68.8. The largest absolute Gasteiger partial charge is 0.462 e. The lowest BCUT2D eigenvalue weighted by molar-refractivity contribution is -0.167. The van der Waals surface area contributed by atoms with Crippen molar-refractivity contribution in [1.29, 1.82) is 0 Å². The molecule has 0 heterocycles. The third-order valence-electron chi connectivity index (χ3n) is 13.4. The predicted molar refractivity (Wildman–Crippen MR) is 311 cm³/mol. The van der Waals surface area contributed by atoms with Crippen LogP contribution < -0.4 is 0 Å². The third kappa shape index (κ3) is 57.7. The number of carbonyl (C=O) groups is 3. The molecule has 416 valence electrons. The fraction of sp³-hybridized carbons (Fsp3) is 0.773. The SMILES string of the molecule is CC/C=C\C/C=C\C/C=C\C/C=C\CCCCCCCCCCCCCCCCCCCCC(=O)OCC(COC(=O)CCCCCCCCCC)OC(=O)CCCCCCC/C=C\C/C=C\CCCCC. The molecule has 1 unspecified atom stereocenters. The van der Waals surface area contributed by atoms with E-state index in [4.69, 9.17) is 14.2 Å². The molecule has 72 heavy (non-hydrogen) atoms. The van der Waals surface area contributed by atoms with E-state index in [1.165, 1.54) is 161 Å². The van der Waals surface area contributed by atoms with Crippen LogP contribution in [0.25, 0.3) is 0 Å². The van der Waals surface area contributed by atoms with E-state index < -0.39 is 6.10 Å². The van der Waals surface area contributed by atoms with Gasteiger partial charge in [0.15, 0.2) is 6.10 Å². The van der Waals surface area contributed by atoms with Crippen molar-refractivity contribution in [2.75, 3.05) is 13.2 Å². The lowest BCUT2D eigenvalue weighted by atomic mass is 10.0. The highest BCUT2D eigenvalue weighted by molar-refractivity contribution is 5.71. The Morgan fingerprint density at radius 3 is 0.875 bits per heavy atom. The summed E-state index contributed by atoms with van der Waals surface area (Å²) in [5.74, 6) is -0.883. The van der Waals surface area contributed by atoms with Gasteiger partial charge in [0.25, 0.3) is 0 Å². The number of hydrogen-bond acceptors (Lipinski definition) is 6. The Hall–Kier alpha value is -3.15. The van der Waals surface area contributed by atoms with Gasteiger partial charge in [0, 0.05) is 19.3 Å². The number of esters is 3. The van der Waals surface area contributed by atoms with Gasteiger partial charge >= 0.3 is 17.9 Å². The van der Waals surface area contributed by atoms with E-state index in [1.54, 1.807) is 0 Å². The van der Waals surface area contributed by atoms with E-state index in [1.807, 2.05) is 0 Å². The van der Waals surface area contributed by atoms with Crippen molar-refractivity contribution in [3.8, 4) is 0 Å². The second-order valence-corrected chi connectivity index (χ2v) is 20.6. The van der Waals surface area contributed by atoms with Crippen molar-refractivity contribution in [3.63, 3.8) is 0 Å². The van der Waals surface area contributed by atoms with Crippen LogP contribution in [0.5, 0.6) is 0 Å². The molecule has 0 bridgehead atoms. The summed E-state index contributed by atoms with van der Waals surface area (Å²) in [6.07, 6.45) is 77.9. The van der Waals surface area contributed by atoms with Gasteiger partial charge in [-0.15, -0.1) is 0 Å². The number of ether oxygens (including phenoxy) is 3. The fourth-order valence-corrected chi connectivity index (χ4v) is 8.82. The van der Waals surface area contributed by atoms with Crippen molar-refractivity contribution in [2.24, 2.45) is 0 Å². The van der Waals surface area contributed by atoms with Gasteiger partial charge < -0.3 is 14.2 Å². The van der Waals surface area contributed by atoms with Crippen LogP contribution in [0.15, 0.2) is 72.9 Å². The Kier molecular flexibility index (Phi) is 57.8. The molecule has 0 amide bonds. The Morgan fingerprint density at radius 2 is 0.542 bits per heavy atom. The molecule has 0 aliphatic carbocycles. The summed E-state index contributed by atoms with van der Waals surface area (Å²) >= 11 is 0. The minimum atomic E-state index is -0.778. The molecule has 0 spiro atoms. The molecule has 6 nitrogen and oxygen atoms in total. The fourth-order valence-electron chi connectivity index (χ4n) is 8.82. The average Bonchev–Trinajstić information content (AvgIpc) is 3.38. The van der Waals surface area contributed by atoms with Crippen molar-refractivity contribution >= 4 is 17.9 Å². The first-order valence-corrected chi connectivity index (χ1v) is 30.9. The third-order valence-corrected chi connectivity index (χ3v) is 13.4. The summed E-state index contributed by atoms with van der Waals surface area (Å²) in [4.78, 5) is 38.0. The molecule has 1 atom stereocenters. The van der Waals surface area contributed by atoms with Crippen molar-refractivity contribution in [1.82, 2.24) is 0 Å². The first-order valence-electron chi connectivity index (χ1n) is 30.9. The number of unbranched alkanes of at least 4 members (excludes halogenated alkanes) is 33. The molecular formula is C66H116O6. The highest BCUT2D eigenvalue weighted by Gasteiger charge is 2.19. The zero-order chi connectivity index (χ0) is 52.2. The van der Waals surface area contributed by atoms with E-state index in [0.29, 0.717) is 19.3 Å². The van der Waals surface area contributed by atoms with Gasteiger partial charge in [0.1, 0.15) is 13.2 Å². The summed E-state index contributed by atoms with van der Waals surface area (Å²) in [7, 11) is 0. The number of hydrogen-bond donors (Lipinski definition) is 0. The molecule has 0 rings (SSSR count). The normalized spacial score (nSPS) is 12.5. The molecule has 0 aromatic heterocycles. The standard InChI is InChI=1S/C66H116O6/c1-4-7-10-13-16-19-21-23-25-26-27-28-29-30-31-32-33-34-35-36-37-38-39-40-42-43-45-47-50-53-56-59-65(68)71-62-63(61-70-64(67)58-55-52-49-18-15-12-9-6-3)72-66(69)60-57-54-51-48-46-44-41-24-22-20-17-14-11-8-5-2/h7,10,16-17,19-20,23-25,27-28,41,63H,4-6,8-9,11-15,18,21-22,26,29-40,42-62H2,1-3H3/b10-7-,19-16-,20-17-,25-23-,28-27-,41-24-. The Bertz CT molecular complexity index is 1340. The molecule has 0 aromatic carbocycles. The van der Waals surface area contributed by atoms with Crippen molar-refractivity contribution in [2.45, 2.75) is 316 Å². The molecule has 0 aliphatic heterocycles. The Labute approximate surface area is 446 Å². The van der Waals surface area contributed by atoms with E-state index in [9.17, 15) is 14.4 Å². The molecule has 0 radical (unpaired) electrons. The minimum absolute atomic E-state index is 0.0770. The summed E-state index contributed by atoms with van der Waals surface area (Å²) in [5, 5.41) is 0. The summed E-state index contributed by atoms with van der Waals surface area (Å²) in [5.41, 5.74) is 0.